The van der Waals surface area contributed by atoms with E-state index >= 15 is 0 Å². The van der Waals surface area contributed by atoms with Crippen LogP contribution in [0.3, 0.4) is 0 Å². The number of hydrogen-bond acceptors (Lipinski definition) is 5. The Morgan fingerprint density at radius 2 is 1.67 bits per heavy atom. The number of sulfone groups is 1. The molecule has 1 aromatic carbocycles. The fraction of sp³-hybridized carbons (Fsp3) is 0.400. The van der Waals surface area contributed by atoms with Crippen LogP contribution in [-0.4, -0.2) is 34.9 Å². The lowest BCUT2D eigenvalue weighted by atomic mass is 10.3. The maximum absolute atomic E-state index is 11.1. The van der Waals surface area contributed by atoms with Crippen LogP contribution in [0.1, 0.15) is 6.92 Å². The van der Waals surface area contributed by atoms with Crippen molar-refractivity contribution in [3.8, 4) is 0 Å². The largest absolute Gasteiger partial charge is 0.382 e. The van der Waals surface area contributed by atoms with Gasteiger partial charge in [0.25, 0.3) is 0 Å². The summed E-state index contributed by atoms with van der Waals surface area (Å²) in [5.41, 5.74) is 0.638. The molecule has 0 aliphatic heterocycles. The molecule has 0 aliphatic carbocycles. The van der Waals surface area contributed by atoms with Gasteiger partial charge in [-0.3, -0.25) is 0 Å². The van der Waals surface area contributed by atoms with Crippen LogP contribution in [0.15, 0.2) is 29.2 Å². The van der Waals surface area contributed by atoms with E-state index in [2.05, 4.69) is 5.32 Å². The highest BCUT2D eigenvalue weighted by Crippen LogP contribution is 2.13. The monoisotopic (exact) mass is 292 g/mol. The predicted octanol–water partition coefficient (Wildman–Crippen LogP) is 0.179. The van der Waals surface area contributed by atoms with E-state index in [0.29, 0.717) is 5.69 Å². The molecule has 0 saturated carbocycles. The highest BCUT2D eigenvalue weighted by molar-refractivity contribution is 7.90. The average molecular weight is 292 g/mol. The van der Waals surface area contributed by atoms with E-state index in [1.807, 2.05) is 0 Å². The van der Waals surface area contributed by atoms with E-state index in [1.54, 1.807) is 19.1 Å². The van der Waals surface area contributed by atoms with Gasteiger partial charge in [0, 0.05) is 18.0 Å². The second kappa shape index (κ2) is 5.25. The van der Waals surface area contributed by atoms with Crippen molar-refractivity contribution in [3.63, 3.8) is 0 Å². The van der Waals surface area contributed by atoms with Crippen molar-refractivity contribution in [1.29, 1.82) is 0 Å². The molecule has 1 atom stereocenters. The summed E-state index contributed by atoms with van der Waals surface area (Å²) in [5.74, 6) is 0.00391. The summed E-state index contributed by atoms with van der Waals surface area (Å²) >= 11 is 0. The Kier molecular flexibility index (Phi) is 4.36. The third kappa shape index (κ3) is 5.03. The van der Waals surface area contributed by atoms with Crippen molar-refractivity contribution in [3.05, 3.63) is 24.3 Å². The highest BCUT2D eigenvalue weighted by atomic mass is 32.2. The van der Waals surface area contributed by atoms with Gasteiger partial charge < -0.3 is 5.32 Å². The summed E-state index contributed by atoms with van der Waals surface area (Å²) in [6.07, 6.45) is 1.16. The quantitative estimate of drug-likeness (QED) is 0.805. The second-order valence-electron chi connectivity index (χ2n) is 4.21. The Labute approximate surface area is 107 Å². The van der Waals surface area contributed by atoms with Gasteiger partial charge >= 0.3 is 0 Å². The molecule has 1 aromatic rings. The summed E-state index contributed by atoms with van der Waals surface area (Å²) in [4.78, 5) is 0.0174. The van der Waals surface area contributed by atoms with E-state index in [-0.39, 0.29) is 16.7 Å². The van der Waals surface area contributed by atoms with Gasteiger partial charge in [-0.15, -0.1) is 0 Å². The minimum absolute atomic E-state index is 0.00391. The van der Waals surface area contributed by atoms with Crippen LogP contribution in [-0.2, 0) is 19.9 Å². The van der Waals surface area contributed by atoms with E-state index in [4.69, 9.17) is 5.14 Å². The van der Waals surface area contributed by atoms with Crippen molar-refractivity contribution in [2.45, 2.75) is 17.9 Å². The molecule has 0 aromatic heterocycles. The zero-order chi connectivity index (χ0) is 14.0. The Morgan fingerprint density at radius 1 is 1.17 bits per heavy atom. The lowest BCUT2D eigenvalue weighted by Crippen LogP contribution is -2.25. The van der Waals surface area contributed by atoms with Crippen molar-refractivity contribution in [2.75, 3.05) is 17.3 Å². The molecule has 1 rings (SSSR count). The van der Waals surface area contributed by atoms with Crippen molar-refractivity contribution >= 4 is 25.5 Å². The molecular weight excluding hydrogens is 276 g/mol. The fourth-order valence-corrected chi connectivity index (χ4v) is 3.03. The lowest BCUT2D eigenvalue weighted by molar-refractivity contribution is 0.596. The molecular formula is C10H16N2O4S2. The van der Waals surface area contributed by atoms with Crippen molar-refractivity contribution in [2.24, 2.45) is 5.14 Å². The van der Waals surface area contributed by atoms with Crippen LogP contribution in [0.25, 0.3) is 0 Å². The summed E-state index contributed by atoms with van der Waals surface area (Å²) < 4.78 is 44.2. The second-order valence-corrected chi connectivity index (χ2v) is 7.95. The van der Waals surface area contributed by atoms with Gasteiger partial charge in [0.2, 0.25) is 10.0 Å². The molecule has 0 aliphatic rings. The highest BCUT2D eigenvalue weighted by Gasteiger charge is 2.11. The van der Waals surface area contributed by atoms with E-state index < -0.39 is 19.9 Å². The number of nitrogens with two attached hydrogens (primary N) is 1. The van der Waals surface area contributed by atoms with Gasteiger partial charge in [0.05, 0.1) is 10.6 Å². The lowest BCUT2D eigenvalue weighted by Gasteiger charge is -2.14. The van der Waals surface area contributed by atoms with Crippen LogP contribution >= 0.6 is 0 Å². The summed E-state index contributed by atoms with van der Waals surface area (Å²) in [5, 5.41) is 7.93. The fourth-order valence-electron chi connectivity index (χ4n) is 1.52. The number of hydrogen-bond donors (Lipinski definition) is 2. The maximum atomic E-state index is 11.1. The Bertz CT molecular complexity index is 606. The van der Waals surface area contributed by atoms with Crippen molar-refractivity contribution < 1.29 is 16.8 Å². The van der Waals surface area contributed by atoms with Crippen LogP contribution in [0.4, 0.5) is 5.69 Å². The Morgan fingerprint density at radius 3 is 2.06 bits per heavy atom. The minimum Gasteiger partial charge on any atom is -0.382 e. The van der Waals surface area contributed by atoms with E-state index in [9.17, 15) is 16.8 Å². The smallest absolute Gasteiger partial charge is 0.238 e. The van der Waals surface area contributed by atoms with E-state index in [0.717, 1.165) is 6.26 Å². The number of nitrogens with one attached hydrogen (secondary N) is 1. The zero-order valence-electron chi connectivity index (χ0n) is 10.1. The van der Waals surface area contributed by atoms with Gasteiger partial charge in [-0.25, -0.2) is 22.0 Å². The SMILES string of the molecule is CC(CS(C)(=O)=O)Nc1ccc(S(N)(=O)=O)cc1. The first-order valence-corrected chi connectivity index (χ1v) is 8.76. The molecule has 18 heavy (non-hydrogen) atoms. The third-order valence-electron chi connectivity index (χ3n) is 2.15. The average Bonchev–Trinajstić information content (AvgIpc) is 2.13. The van der Waals surface area contributed by atoms with Crippen LogP contribution in [0.5, 0.6) is 0 Å². The van der Waals surface area contributed by atoms with Gasteiger partial charge in [-0.05, 0) is 31.2 Å². The van der Waals surface area contributed by atoms with Gasteiger partial charge in [-0.2, -0.15) is 0 Å². The molecule has 102 valence electrons. The third-order valence-corrected chi connectivity index (χ3v) is 4.18. The first-order valence-electron chi connectivity index (χ1n) is 5.15. The van der Waals surface area contributed by atoms with E-state index in [1.165, 1.54) is 12.1 Å². The Hall–Kier alpha value is -1.12. The first-order chi connectivity index (χ1) is 8.08. The first kappa shape index (κ1) is 14.9. The number of rotatable bonds is 5. The number of anilines is 1. The minimum atomic E-state index is -3.70. The van der Waals surface area contributed by atoms with Gasteiger partial charge in [0.1, 0.15) is 9.84 Å². The molecule has 0 saturated heterocycles. The standard InChI is InChI=1S/C10H16N2O4S2/c1-8(7-17(2,13)14)12-9-3-5-10(6-4-9)18(11,15)16/h3-6,8,12H,7H2,1-2H3,(H2,11,15,16). The van der Waals surface area contributed by atoms with Crippen LogP contribution in [0, 0.1) is 0 Å². The van der Waals surface area contributed by atoms with Crippen LogP contribution in [0.2, 0.25) is 0 Å². The molecule has 8 heteroatoms. The normalized spacial score (nSPS) is 14.2. The molecule has 3 N–H and O–H groups in total. The number of sulfonamides is 1. The van der Waals surface area contributed by atoms with Gasteiger partial charge in [-0.1, -0.05) is 0 Å². The van der Waals surface area contributed by atoms with Crippen LogP contribution < -0.4 is 10.5 Å². The molecule has 0 spiro atoms. The molecule has 0 amide bonds. The predicted molar refractivity (Wildman–Crippen MR) is 70.6 cm³/mol. The summed E-state index contributed by atoms with van der Waals surface area (Å²) in [7, 11) is -6.75. The molecule has 0 radical (unpaired) electrons. The molecule has 6 nitrogen and oxygen atoms in total. The zero-order valence-corrected chi connectivity index (χ0v) is 11.8. The maximum Gasteiger partial charge on any atom is 0.238 e. The summed E-state index contributed by atoms with van der Waals surface area (Å²) in [6, 6.07) is 5.55. The summed E-state index contributed by atoms with van der Waals surface area (Å²) in [6.45, 7) is 1.73. The topological polar surface area (TPSA) is 106 Å². The Balaban J connectivity index is 2.76. The van der Waals surface area contributed by atoms with Gasteiger partial charge in [0.15, 0.2) is 0 Å². The number of benzene rings is 1. The number of primary sulfonamides is 1. The molecule has 0 heterocycles. The molecule has 0 bridgehead atoms. The molecule has 0 fully saturated rings. The molecule has 1 unspecified atom stereocenters. The van der Waals surface area contributed by atoms with Crippen molar-refractivity contribution in [1.82, 2.24) is 0 Å².